The summed E-state index contributed by atoms with van der Waals surface area (Å²) < 4.78 is 19.1. The van der Waals surface area contributed by atoms with E-state index in [9.17, 15) is 0 Å². The zero-order valence-corrected chi connectivity index (χ0v) is 26.6. The van der Waals surface area contributed by atoms with Crippen molar-refractivity contribution in [3.63, 3.8) is 0 Å². The van der Waals surface area contributed by atoms with E-state index >= 15 is 0 Å². The zero-order valence-electron chi connectivity index (χ0n) is 26.6. The summed E-state index contributed by atoms with van der Waals surface area (Å²) in [6, 6.07) is 54.5. The lowest BCUT2D eigenvalue weighted by molar-refractivity contribution is 0.623. The van der Waals surface area contributed by atoms with Crippen molar-refractivity contribution in [2.45, 2.75) is 0 Å². The first kappa shape index (κ1) is 27.1. The molecule has 0 amide bonds. The van der Waals surface area contributed by atoms with Gasteiger partial charge >= 0.3 is 0 Å². The molecule has 0 aliphatic heterocycles. The van der Waals surface area contributed by atoms with E-state index in [4.69, 9.17) is 18.2 Å². The fraction of sp³-hybridized carbons (Fsp3) is 0. The van der Waals surface area contributed by atoms with Crippen LogP contribution in [0.3, 0.4) is 0 Å². The molecule has 5 heteroatoms. The number of benzene rings is 8. The van der Waals surface area contributed by atoms with Crippen molar-refractivity contribution in [3.8, 4) is 22.6 Å². The highest BCUT2D eigenvalue weighted by atomic mass is 16.4. The van der Waals surface area contributed by atoms with E-state index in [1.807, 2.05) is 42.5 Å². The number of hydrogen-bond acceptors (Lipinski definition) is 5. The van der Waals surface area contributed by atoms with Crippen LogP contribution in [0.4, 0.5) is 17.1 Å². The average molecular weight is 643 g/mol. The van der Waals surface area contributed by atoms with E-state index in [2.05, 4.69) is 120 Å². The predicted octanol–water partition coefficient (Wildman–Crippen LogP) is 13.0. The number of anilines is 3. The summed E-state index contributed by atoms with van der Waals surface area (Å²) in [4.78, 5) is 7.43. The van der Waals surface area contributed by atoms with Crippen LogP contribution in [0.2, 0.25) is 0 Å². The van der Waals surface area contributed by atoms with Gasteiger partial charge in [-0.1, -0.05) is 91.0 Å². The summed E-state index contributed by atoms with van der Waals surface area (Å²) >= 11 is 0. The van der Waals surface area contributed by atoms with Crippen LogP contribution in [0.1, 0.15) is 0 Å². The molecule has 0 bridgehead atoms. The molecule has 0 N–H and O–H groups in total. The molecule has 0 fully saturated rings. The Kier molecular flexibility index (Phi) is 5.60. The van der Waals surface area contributed by atoms with Crippen LogP contribution < -0.4 is 4.90 Å². The molecule has 11 aromatic rings. The molecule has 234 valence electrons. The number of rotatable bonds is 5. The molecule has 50 heavy (non-hydrogen) atoms. The number of hydrogen-bond donors (Lipinski definition) is 0. The Hall–Kier alpha value is -6.85. The maximum Gasteiger partial charge on any atom is 0.227 e. The standard InChI is InChI=1S/C45H26N2O3/c1-2-10-27(11-3-1)28-12-6-14-30(24-28)47(32-22-23-38-36(26-32)33-16-4-5-19-37(33)48-38)31-15-7-13-29(25-31)45-46-43-34-17-8-20-39-41(34)42-35(44(43)50-45)18-9-21-40(42)49-39/h1-26H. The summed E-state index contributed by atoms with van der Waals surface area (Å²) in [5.41, 5.74) is 11.3. The maximum absolute atomic E-state index is 6.67. The first-order chi connectivity index (χ1) is 24.8. The Balaban J connectivity index is 1.11. The normalized spacial score (nSPS) is 12.0. The third-order valence-corrected chi connectivity index (χ3v) is 9.83. The van der Waals surface area contributed by atoms with Crippen LogP contribution in [0.25, 0.3) is 88.3 Å². The predicted molar refractivity (Wildman–Crippen MR) is 203 cm³/mol. The topological polar surface area (TPSA) is 55.6 Å². The fourth-order valence-corrected chi connectivity index (χ4v) is 7.60. The largest absolute Gasteiger partial charge is 0.456 e. The van der Waals surface area contributed by atoms with Crippen molar-refractivity contribution >= 4 is 82.8 Å². The second-order valence-electron chi connectivity index (χ2n) is 12.7. The highest BCUT2D eigenvalue weighted by Gasteiger charge is 2.22. The molecule has 0 saturated heterocycles. The van der Waals surface area contributed by atoms with Crippen LogP contribution >= 0.6 is 0 Å². The molecule has 0 spiro atoms. The van der Waals surface area contributed by atoms with E-state index < -0.39 is 0 Å². The Bertz CT molecular complexity index is 2980. The summed E-state index contributed by atoms with van der Waals surface area (Å²) in [6.07, 6.45) is 0. The van der Waals surface area contributed by atoms with Gasteiger partial charge in [-0.3, -0.25) is 0 Å². The monoisotopic (exact) mass is 642 g/mol. The number of aromatic nitrogens is 1. The number of nitrogens with zero attached hydrogens (tertiary/aromatic N) is 2. The molecule has 8 aromatic carbocycles. The van der Waals surface area contributed by atoms with Crippen molar-refractivity contribution in [3.05, 3.63) is 158 Å². The molecule has 3 heterocycles. The first-order valence-corrected chi connectivity index (χ1v) is 16.7. The van der Waals surface area contributed by atoms with Crippen molar-refractivity contribution in [2.24, 2.45) is 0 Å². The minimum atomic E-state index is 0.571. The Morgan fingerprint density at radius 2 is 0.960 bits per heavy atom. The van der Waals surface area contributed by atoms with E-state index in [0.717, 1.165) is 99.5 Å². The second-order valence-corrected chi connectivity index (χ2v) is 12.7. The Morgan fingerprint density at radius 1 is 0.380 bits per heavy atom. The molecule has 0 aliphatic rings. The molecule has 3 aromatic heterocycles. The van der Waals surface area contributed by atoms with Gasteiger partial charge in [0.25, 0.3) is 0 Å². The lowest BCUT2D eigenvalue weighted by Crippen LogP contribution is -2.10. The lowest BCUT2D eigenvalue weighted by Gasteiger charge is -2.26. The fourth-order valence-electron chi connectivity index (χ4n) is 7.60. The van der Waals surface area contributed by atoms with E-state index in [0.29, 0.717) is 5.89 Å². The molecule has 0 unspecified atom stereocenters. The van der Waals surface area contributed by atoms with Gasteiger partial charge in [-0.15, -0.1) is 0 Å². The summed E-state index contributed by atoms with van der Waals surface area (Å²) in [6.45, 7) is 0. The number of furan rings is 2. The highest BCUT2D eigenvalue weighted by molar-refractivity contribution is 6.31. The first-order valence-electron chi connectivity index (χ1n) is 16.7. The van der Waals surface area contributed by atoms with E-state index in [1.54, 1.807) is 0 Å². The van der Waals surface area contributed by atoms with Gasteiger partial charge < -0.3 is 18.2 Å². The summed E-state index contributed by atoms with van der Waals surface area (Å²) in [7, 11) is 0. The third-order valence-electron chi connectivity index (χ3n) is 9.83. The molecule has 0 radical (unpaired) electrons. The summed E-state index contributed by atoms with van der Waals surface area (Å²) in [5.74, 6) is 0.571. The Labute approximate surface area is 285 Å². The summed E-state index contributed by atoms with van der Waals surface area (Å²) in [5, 5.41) is 6.36. The molecule has 0 saturated carbocycles. The maximum atomic E-state index is 6.67. The minimum Gasteiger partial charge on any atom is -0.456 e. The van der Waals surface area contributed by atoms with E-state index in [1.165, 1.54) is 0 Å². The van der Waals surface area contributed by atoms with Crippen molar-refractivity contribution in [2.75, 3.05) is 4.90 Å². The van der Waals surface area contributed by atoms with Gasteiger partial charge in [-0.25, -0.2) is 4.98 Å². The average Bonchev–Trinajstić information content (AvgIpc) is 3.90. The molecular formula is C45H26N2O3. The van der Waals surface area contributed by atoms with Crippen molar-refractivity contribution < 1.29 is 13.3 Å². The van der Waals surface area contributed by atoms with Crippen LogP contribution in [0.15, 0.2) is 171 Å². The van der Waals surface area contributed by atoms with Gasteiger partial charge in [0.1, 0.15) is 27.8 Å². The Morgan fingerprint density at radius 3 is 1.80 bits per heavy atom. The van der Waals surface area contributed by atoms with Crippen molar-refractivity contribution in [1.29, 1.82) is 0 Å². The number of para-hydroxylation sites is 1. The van der Waals surface area contributed by atoms with Crippen LogP contribution in [-0.4, -0.2) is 4.98 Å². The quantitative estimate of drug-likeness (QED) is 0.175. The number of oxazole rings is 1. The minimum absolute atomic E-state index is 0.571. The van der Waals surface area contributed by atoms with Gasteiger partial charge in [0.15, 0.2) is 5.58 Å². The molecule has 5 nitrogen and oxygen atoms in total. The van der Waals surface area contributed by atoms with Gasteiger partial charge in [-0.2, -0.15) is 0 Å². The SMILES string of the molecule is c1ccc(-c2cccc(N(c3cccc(-c4nc5c6cccc7oc8cccc(c5o4)c8c76)c3)c3ccc4oc5ccccc5c4c3)c2)cc1. The zero-order chi connectivity index (χ0) is 32.8. The third kappa shape index (κ3) is 3.98. The molecule has 0 aliphatic carbocycles. The van der Waals surface area contributed by atoms with E-state index in [-0.39, 0.29) is 0 Å². The molecular weight excluding hydrogens is 617 g/mol. The van der Waals surface area contributed by atoms with Gasteiger partial charge in [0, 0.05) is 54.9 Å². The van der Waals surface area contributed by atoms with Gasteiger partial charge in [0.05, 0.1) is 0 Å². The van der Waals surface area contributed by atoms with Crippen LogP contribution in [0.5, 0.6) is 0 Å². The highest BCUT2D eigenvalue weighted by Crippen LogP contribution is 2.45. The lowest BCUT2D eigenvalue weighted by atomic mass is 10.0. The van der Waals surface area contributed by atoms with Gasteiger partial charge in [0.2, 0.25) is 5.89 Å². The molecule has 11 rings (SSSR count). The smallest absolute Gasteiger partial charge is 0.227 e. The van der Waals surface area contributed by atoms with Gasteiger partial charge in [-0.05, 0) is 77.9 Å². The van der Waals surface area contributed by atoms with Crippen molar-refractivity contribution in [1.82, 2.24) is 4.98 Å². The van der Waals surface area contributed by atoms with Crippen LogP contribution in [0, 0.1) is 0 Å². The second kappa shape index (κ2) is 10.3. The molecule has 0 atom stereocenters. The number of fused-ring (bicyclic) bond motifs is 6. The van der Waals surface area contributed by atoms with Crippen LogP contribution in [-0.2, 0) is 0 Å².